The topological polar surface area (TPSA) is 70.5 Å². The van der Waals surface area contributed by atoms with E-state index in [0.29, 0.717) is 11.6 Å². The molecule has 0 aliphatic heterocycles. The normalized spacial score (nSPS) is 18.3. The van der Waals surface area contributed by atoms with Gasteiger partial charge in [0.15, 0.2) is 0 Å². The van der Waals surface area contributed by atoms with Crippen LogP contribution < -0.4 is 4.90 Å². The average Bonchev–Trinajstić information content (AvgIpc) is 3.25. The van der Waals surface area contributed by atoms with Crippen LogP contribution >= 0.6 is 11.3 Å². The van der Waals surface area contributed by atoms with E-state index in [1.165, 1.54) is 11.3 Å². The van der Waals surface area contributed by atoms with Gasteiger partial charge in [0.05, 0.1) is 5.69 Å². The number of nitrogens with zero attached hydrogens (tertiary/aromatic N) is 2. The Hall–Kier alpha value is -2.99. The third-order valence-electron chi connectivity index (χ3n) is 6.45. The second-order valence-electron chi connectivity index (χ2n) is 9.21. The van der Waals surface area contributed by atoms with Crippen molar-refractivity contribution in [3.8, 4) is 21.6 Å². The van der Waals surface area contributed by atoms with Crippen molar-refractivity contribution in [1.82, 2.24) is 4.98 Å². The fourth-order valence-electron chi connectivity index (χ4n) is 4.57. The Balaban J connectivity index is 1.66. The maximum Gasteiger partial charge on any atom is 0.348 e. The van der Waals surface area contributed by atoms with Crippen molar-refractivity contribution in [3.05, 3.63) is 59.7 Å². The quantitative estimate of drug-likeness (QED) is 0.440. The predicted octanol–water partition coefficient (Wildman–Crippen LogP) is 6.74. The highest BCUT2D eigenvalue weighted by Crippen LogP contribution is 2.40. The van der Waals surface area contributed by atoms with Gasteiger partial charge >= 0.3 is 5.97 Å². The van der Waals surface area contributed by atoms with Crippen LogP contribution in [0, 0.1) is 11.8 Å². The van der Waals surface area contributed by atoms with Gasteiger partial charge in [-0.1, -0.05) is 37.3 Å². The number of anilines is 1. The van der Waals surface area contributed by atoms with Gasteiger partial charge in [-0.2, -0.15) is 0 Å². The summed E-state index contributed by atoms with van der Waals surface area (Å²) in [6.45, 7) is 6.14. The molecule has 0 radical (unpaired) electrons. The van der Waals surface area contributed by atoms with Crippen LogP contribution in [0.2, 0.25) is 0 Å². The number of hydrogen-bond acceptors (Lipinski definition) is 4. The zero-order valence-corrected chi connectivity index (χ0v) is 20.1. The van der Waals surface area contributed by atoms with Gasteiger partial charge < -0.3 is 10.0 Å². The van der Waals surface area contributed by atoms with Gasteiger partial charge in [0, 0.05) is 29.2 Å². The molecular weight excluding hydrogens is 432 g/mol. The number of benzene rings is 1. The summed E-state index contributed by atoms with van der Waals surface area (Å²) in [6, 6.07) is 13.7. The third-order valence-corrected chi connectivity index (χ3v) is 7.61. The van der Waals surface area contributed by atoms with Crippen molar-refractivity contribution < 1.29 is 14.7 Å². The van der Waals surface area contributed by atoms with Gasteiger partial charge in [0.1, 0.15) is 4.88 Å². The number of hydrogen-bond donors (Lipinski definition) is 1. The zero-order valence-electron chi connectivity index (χ0n) is 19.3. The van der Waals surface area contributed by atoms with Gasteiger partial charge in [-0.3, -0.25) is 9.78 Å². The SMILES string of the molecule is CC(C)N(c1cc(-c2ccc(-c3cccnc3)cc2)sc1C(=O)O)C(=O)[C@H]1CC[C@H](C)CC1. The highest BCUT2D eigenvalue weighted by Gasteiger charge is 2.33. The number of carbonyl (C=O) groups excluding carboxylic acids is 1. The summed E-state index contributed by atoms with van der Waals surface area (Å²) in [6.07, 6.45) is 7.41. The summed E-state index contributed by atoms with van der Waals surface area (Å²) >= 11 is 1.23. The second kappa shape index (κ2) is 9.87. The number of carboxylic acids is 1. The van der Waals surface area contributed by atoms with Crippen molar-refractivity contribution in [2.45, 2.75) is 52.5 Å². The van der Waals surface area contributed by atoms with E-state index in [0.717, 1.165) is 47.3 Å². The fraction of sp³-hybridized carbons (Fsp3) is 0.370. The van der Waals surface area contributed by atoms with Crippen LogP contribution in [0.25, 0.3) is 21.6 Å². The molecule has 1 fully saturated rings. The predicted molar refractivity (Wildman–Crippen MR) is 134 cm³/mol. The lowest BCUT2D eigenvalue weighted by Gasteiger charge is -2.33. The Labute approximate surface area is 199 Å². The molecule has 33 heavy (non-hydrogen) atoms. The van der Waals surface area contributed by atoms with E-state index in [9.17, 15) is 14.7 Å². The molecule has 0 bridgehead atoms. The summed E-state index contributed by atoms with van der Waals surface area (Å²) < 4.78 is 0. The maximum absolute atomic E-state index is 13.5. The van der Waals surface area contributed by atoms with Crippen LogP contribution in [0.3, 0.4) is 0 Å². The molecule has 5 nitrogen and oxygen atoms in total. The van der Waals surface area contributed by atoms with Gasteiger partial charge in [0.25, 0.3) is 0 Å². The third kappa shape index (κ3) is 5.01. The van der Waals surface area contributed by atoms with Gasteiger partial charge in [0.2, 0.25) is 5.91 Å². The lowest BCUT2D eigenvalue weighted by Crippen LogP contribution is -2.42. The number of pyridine rings is 1. The van der Waals surface area contributed by atoms with E-state index < -0.39 is 5.97 Å². The Morgan fingerprint density at radius 2 is 1.70 bits per heavy atom. The monoisotopic (exact) mass is 462 g/mol. The van der Waals surface area contributed by atoms with Crippen LogP contribution in [0.15, 0.2) is 54.9 Å². The molecule has 3 aromatic rings. The number of rotatable bonds is 6. The number of carbonyl (C=O) groups is 2. The minimum absolute atomic E-state index is 0.0349. The highest BCUT2D eigenvalue weighted by atomic mass is 32.1. The highest BCUT2D eigenvalue weighted by molar-refractivity contribution is 7.18. The minimum Gasteiger partial charge on any atom is -0.477 e. The largest absolute Gasteiger partial charge is 0.477 e. The van der Waals surface area contributed by atoms with E-state index >= 15 is 0 Å². The lowest BCUT2D eigenvalue weighted by atomic mass is 9.82. The van der Waals surface area contributed by atoms with E-state index in [1.807, 2.05) is 62.5 Å². The van der Waals surface area contributed by atoms with Crippen LogP contribution in [-0.4, -0.2) is 28.0 Å². The molecule has 0 unspecified atom stereocenters. The van der Waals surface area contributed by atoms with Crippen LogP contribution in [0.1, 0.15) is 56.1 Å². The zero-order chi connectivity index (χ0) is 23.5. The number of thiophene rings is 1. The summed E-state index contributed by atoms with van der Waals surface area (Å²) in [5.74, 6) is -0.328. The second-order valence-corrected chi connectivity index (χ2v) is 10.3. The van der Waals surface area contributed by atoms with E-state index in [4.69, 9.17) is 0 Å². The minimum atomic E-state index is -0.996. The van der Waals surface area contributed by atoms with Gasteiger partial charge in [-0.15, -0.1) is 11.3 Å². The molecule has 1 amide bonds. The van der Waals surface area contributed by atoms with Crippen LogP contribution in [-0.2, 0) is 4.79 Å². The van der Waals surface area contributed by atoms with E-state index in [2.05, 4.69) is 11.9 Å². The fourth-order valence-corrected chi connectivity index (χ4v) is 5.56. The molecule has 4 rings (SSSR count). The van der Waals surface area contributed by atoms with Gasteiger partial charge in [-0.25, -0.2) is 4.79 Å². The van der Waals surface area contributed by atoms with Crippen LogP contribution in [0.5, 0.6) is 0 Å². The molecule has 0 spiro atoms. The first-order valence-corrected chi connectivity index (χ1v) is 12.4. The maximum atomic E-state index is 13.5. The summed E-state index contributed by atoms with van der Waals surface area (Å²) in [7, 11) is 0. The summed E-state index contributed by atoms with van der Waals surface area (Å²) in [5.41, 5.74) is 3.52. The molecule has 0 saturated heterocycles. The molecule has 6 heteroatoms. The Bertz CT molecular complexity index is 1110. The van der Waals surface area contributed by atoms with E-state index in [1.54, 1.807) is 11.1 Å². The van der Waals surface area contributed by atoms with Gasteiger partial charge in [-0.05, 0) is 74.3 Å². The summed E-state index contributed by atoms with van der Waals surface area (Å²) in [4.78, 5) is 32.6. The molecule has 1 aliphatic carbocycles. The first-order valence-electron chi connectivity index (χ1n) is 11.6. The molecule has 172 valence electrons. The molecule has 0 atom stereocenters. The van der Waals surface area contributed by atoms with Crippen LogP contribution in [0.4, 0.5) is 5.69 Å². The molecule has 1 aliphatic rings. The number of aromatic carboxylic acids is 1. The molecule has 2 aromatic heterocycles. The first kappa shape index (κ1) is 23.2. The van der Waals surface area contributed by atoms with Crippen molar-refractivity contribution in [2.75, 3.05) is 4.90 Å². The Morgan fingerprint density at radius 3 is 2.27 bits per heavy atom. The molecule has 1 aromatic carbocycles. The number of aromatic nitrogens is 1. The number of carboxylic acid groups (broad SMARTS) is 1. The van der Waals surface area contributed by atoms with Crippen molar-refractivity contribution in [1.29, 1.82) is 0 Å². The molecule has 1 N–H and O–H groups in total. The molecular formula is C27H30N2O3S. The first-order chi connectivity index (χ1) is 15.8. The lowest BCUT2D eigenvalue weighted by molar-refractivity contribution is -0.123. The van der Waals surface area contributed by atoms with Crippen molar-refractivity contribution >= 4 is 28.9 Å². The van der Waals surface area contributed by atoms with Crippen molar-refractivity contribution in [3.63, 3.8) is 0 Å². The Morgan fingerprint density at radius 1 is 1.03 bits per heavy atom. The number of amides is 1. The smallest absolute Gasteiger partial charge is 0.348 e. The standard InChI is InChI=1S/C27H30N2O3S/c1-17(2)29(26(30)21-8-6-18(3)7-9-21)23-15-24(33-25(23)27(31)32)20-12-10-19(11-13-20)22-5-4-14-28-16-22/h4-5,10-18,21H,6-9H2,1-3H3,(H,31,32)/t18-,21-. The Kier molecular flexibility index (Phi) is 6.94. The average molecular weight is 463 g/mol. The van der Waals surface area contributed by atoms with E-state index in [-0.39, 0.29) is 22.7 Å². The molecule has 1 saturated carbocycles. The van der Waals surface area contributed by atoms with Crippen molar-refractivity contribution in [2.24, 2.45) is 11.8 Å². The molecule has 2 heterocycles. The summed E-state index contributed by atoms with van der Waals surface area (Å²) in [5, 5.41) is 9.94.